The van der Waals surface area contributed by atoms with Gasteiger partial charge in [-0.25, -0.2) is 0 Å². The second-order valence-electron chi connectivity index (χ2n) is 5.96. The Hall–Kier alpha value is -2.72. The van der Waals surface area contributed by atoms with Crippen LogP contribution < -0.4 is 0 Å². The highest BCUT2D eigenvalue weighted by atomic mass is 16.6. The Labute approximate surface area is 202 Å². The molecular formula is C30H44O3. The van der Waals surface area contributed by atoms with Crippen molar-refractivity contribution in [3.63, 3.8) is 0 Å². The van der Waals surface area contributed by atoms with E-state index in [1.165, 1.54) is 11.1 Å². The summed E-state index contributed by atoms with van der Waals surface area (Å²) in [7, 11) is 0. The fraction of sp³-hybridized carbons (Fsp3) is 0.333. The molecular weight excluding hydrogens is 408 g/mol. The van der Waals surface area contributed by atoms with Crippen LogP contribution in [0.4, 0.5) is 0 Å². The second-order valence-corrected chi connectivity index (χ2v) is 5.96. The van der Waals surface area contributed by atoms with Gasteiger partial charge in [0.2, 0.25) is 0 Å². The van der Waals surface area contributed by atoms with Crippen molar-refractivity contribution in [2.24, 2.45) is 0 Å². The van der Waals surface area contributed by atoms with Crippen LogP contribution in [0.25, 0.3) is 6.08 Å². The maximum Gasteiger partial charge on any atom is 0.106 e. The third kappa shape index (κ3) is 16.6. The highest BCUT2D eigenvalue weighted by Gasteiger charge is 2.23. The Morgan fingerprint density at radius 3 is 1.52 bits per heavy atom. The number of hydrogen-bond donors (Lipinski definition) is 2. The zero-order valence-electron chi connectivity index (χ0n) is 21.3. The van der Waals surface area contributed by atoms with Crippen LogP contribution in [0.5, 0.6) is 0 Å². The van der Waals surface area contributed by atoms with Gasteiger partial charge in [-0.1, -0.05) is 145 Å². The Morgan fingerprint density at radius 2 is 1.18 bits per heavy atom. The maximum absolute atomic E-state index is 9.08. The molecule has 3 heteroatoms. The van der Waals surface area contributed by atoms with Gasteiger partial charge in [-0.15, -0.1) is 0 Å². The van der Waals surface area contributed by atoms with E-state index in [0.717, 1.165) is 12.2 Å². The molecule has 2 atom stereocenters. The van der Waals surface area contributed by atoms with Crippen molar-refractivity contribution in [3.8, 4) is 0 Å². The average Bonchev–Trinajstić information content (AvgIpc) is 3.80. The number of epoxide rings is 1. The molecule has 0 aromatic heterocycles. The lowest BCUT2D eigenvalue weighted by Gasteiger charge is -2.05. The molecule has 2 N–H and O–H groups in total. The van der Waals surface area contributed by atoms with Crippen molar-refractivity contribution in [2.75, 3.05) is 13.2 Å². The molecule has 1 saturated heterocycles. The lowest BCUT2D eigenvalue weighted by Crippen LogP contribution is -2.01. The summed E-state index contributed by atoms with van der Waals surface area (Å²) in [6.45, 7) is 16.3. The predicted molar refractivity (Wildman–Crippen MR) is 144 cm³/mol. The van der Waals surface area contributed by atoms with Gasteiger partial charge < -0.3 is 14.9 Å². The van der Waals surface area contributed by atoms with Crippen LogP contribution in [-0.2, 0) is 4.74 Å². The minimum absolute atomic E-state index is 0.218. The fourth-order valence-electron chi connectivity index (χ4n) is 2.28. The summed E-state index contributed by atoms with van der Waals surface area (Å²) in [4.78, 5) is 0. The van der Waals surface area contributed by atoms with Crippen LogP contribution in [-0.4, -0.2) is 23.4 Å². The summed E-state index contributed by atoms with van der Waals surface area (Å²) in [5, 5.41) is 17.6. The molecule has 3 aromatic carbocycles. The van der Waals surface area contributed by atoms with Crippen LogP contribution in [0.1, 0.15) is 70.4 Å². The summed E-state index contributed by atoms with van der Waals surface area (Å²) in [5.74, 6) is 0. The first-order valence-corrected chi connectivity index (χ1v) is 11.9. The van der Waals surface area contributed by atoms with E-state index in [9.17, 15) is 0 Å². The minimum atomic E-state index is -0.735. The van der Waals surface area contributed by atoms with Gasteiger partial charge in [-0.05, 0) is 16.7 Å². The molecule has 0 spiro atoms. The molecule has 0 aliphatic carbocycles. The molecule has 3 aromatic rings. The van der Waals surface area contributed by atoms with Crippen molar-refractivity contribution in [1.82, 2.24) is 0 Å². The molecule has 3 nitrogen and oxygen atoms in total. The van der Waals surface area contributed by atoms with E-state index >= 15 is 0 Å². The number of aliphatic hydroxyl groups excluding tert-OH is 2. The molecule has 182 valence electrons. The molecule has 33 heavy (non-hydrogen) atoms. The quantitative estimate of drug-likeness (QED) is 0.396. The van der Waals surface area contributed by atoms with Gasteiger partial charge in [-0.2, -0.15) is 0 Å². The maximum atomic E-state index is 9.08. The van der Waals surface area contributed by atoms with E-state index < -0.39 is 6.10 Å². The number of rotatable bonds is 4. The predicted octanol–water partition coefficient (Wildman–Crippen LogP) is 7.88. The van der Waals surface area contributed by atoms with Gasteiger partial charge in [0.05, 0.1) is 13.2 Å². The van der Waals surface area contributed by atoms with Gasteiger partial charge in [0, 0.05) is 0 Å². The number of ether oxygens (including phenoxy) is 1. The van der Waals surface area contributed by atoms with E-state index in [1.807, 2.05) is 114 Å². The molecule has 0 saturated carbocycles. The second kappa shape index (κ2) is 23.9. The first-order chi connectivity index (χ1) is 16.2. The van der Waals surface area contributed by atoms with Gasteiger partial charge >= 0.3 is 0 Å². The first-order valence-electron chi connectivity index (χ1n) is 11.9. The topological polar surface area (TPSA) is 53.0 Å². The lowest BCUT2D eigenvalue weighted by atomic mass is 10.1. The zero-order valence-corrected chi connectivity index (χ0v) is 21.3. The molecule has 1 aliphatic rings. The summed E-state index contributed by atoms with van der Waals surface area (Å²) in [5.41, 5.74) is 3.23. The molecule has 0 radical (unpaired) electrons. The van der Waals surface area contributed by atoms with Crippen molar-refractivity contribution in [3.05, 3.63) is 114 Å². The van der Waals surface area contributed by atoms with Crippen molar-refractivity contribution >= 4 is 6.08 Å². The van der Waals surface area contributed by atoms with E-state index in [2.05, 4.69) is 18.7 Å². The third-order valence-corrected chi connectivity index (χ3v) is 3.90. The van der Waals surface area contributed by atoms with E-state index in [1.54, 1.807) is 12.1 Å². The van der Waals surface area contributed by atoms with E-state index in [4.69, 9.17) is 14.9 Å². The Bertz CT molecular complexity index is 754. The number of aliphatic hydroxyl groups is 2. The van der Waals surface area contributed by atoms with Crippen molar-refractivity contribution in [2.45, 2.75) is 53.8 Å². The lowest BCUT2D eigenvalue weighted by molar-refractivity contribution is 0.0956. The monoisotopic (exact) mass is 452 g/mol. The summed E-state index contributed by atoms with van der Waals surface area (Å²) < 4.78 is 5.09. The standard InChI is InChI=1S/C8H10O2.C8H8O.C8H8.3C2H6/c9-6-8(10)7-4-2-1-3-5-7;1-2-4-7(5-3-1)8-6-9-8;1-2-8-6-4-3-5-7-8;3*1-2/h1-5,8-10H,6H2;1-5,8H,6H2;2-7H,1H2;3*1-2H3/t2*8-;;;;/m01..../s1. The third-order valence-electron chi connectivity index (χ3n) is 3.90. The number of benzene rings is 3. The zero-order chi connectivity index (χ0) is 25.3. The van der Waals surface area contributed by atoms with E-state index in [-0.39, 0.29) is 6.61 Å². The minimum Gasteiger partial charge on any atom is -0.393 e. The molecule has 0 amide bonds. The highest BCUT2D eigenvalue weighted by Crippen LogP contribution is 2.28. The van der Waals surface area contributed by atoms with Crippen LogP contribution in [0, 0.1) is 0 Å². The Kier molecular flexibility index (Phi) is 23.5. The van der Waals surface area contributed by atoms with Gasteiger partial charge in [0.15, 0.2) is 0 Å². The molecule has 0 bridgehead atoms. The molecule has 1 heterocycles. The van der Waals surface area contributed by atoms with E-state index in [0.29, 0.717) is 6.10 Å². The van der Waals surface area contributed by atoms with Crippen molar-refractivity contribution in [1.29, 1.82) is 0 Å². The van der Waals surface area contributed by atoms with Crippen LogP contribution in [0.15, 0.2) is 97.6 Å². The fourth-order valence-corrected chi connectivity index (χ4v) is 2.28. The normalized spacial score (nSPS) is 13.0. The average molecular weight is 453 g/mol. The molecule has 1 aliphatic heterocycles. The van der Waals surface area contributed by atoms with Crippen molar-refractivity contribution < 1.29 is 14.9 Å². The van der Waals surface area contributed by atoms with Crippen LogP contribution in [0.2, 0.25) is 0 Å². The largest absolute Gasteiger partial charge is 0.393 e. The van der Waals surface area contributed by atoms with Crippen LogP contribution >= 0.6 is 0 Å². The SMILES string of the molecule is C=Cc1ccccc1.CC.CC.CC.OC[C@H](O)c1ccccc1.c1ccc([C@H]2CO2)cc1. The molecule has 4 rings (SSSR count). The van der Waals surface area contributed by atoms with Gasteiger partial charge in [0.25, 0.3) is 0 Å². The van der Waals surface area contributed by atoms with Gasteiger partial charge in [-0.3, -0.25) is 0 Å². The molecule has 0 unspecified atom stereocenters. The smallest absolute Gasteiger partial charge is 0.106 e. The summed E-state index contributed by atoms with van der Waals surface area (Å²) in [6, 6.07) is 29.4. The van der Waals surface area contributed by atoms with Gasteiger partial charge in [0.1, 0.15) is 12.2 Å². The highest BCUT2D eigenvalue weighted by molar-refractivity contribution is 5.45. The molecule has 1 fully saturated rings. The first kappa shape index (κ1) is 32.5. The summed E-state index contributed by atoms with van der Waals surface area (Å²) >= 11 is 0. The summed E-state index contributed by atoms with van der Waals surface area (Å²) in [6.07, 6.45) is 1.51. The Balaban J connectivity index is 0. The Morgan fingerprint density at radius 1 is 0.788 bits per heavy atom. The number of hydrogen-bond acceptors (Lipinski definition) is 3. The van der Waals surface area contributed by atoms with Crippen LogP contribution in [0.3, 0.4) is 0 Å².